The van der Waals surface area contributed by atoms with E-state index >= 15 is 0 Å². The molecule has 0 saturated carbocycles. The van der Waals surface area contributed by atoms with Crippen molar-refractivity contribution in [3.63, 3.8) is 0 Å². The number of ketones is 1. The number of carbonyl (C=O) groups is 2. The van der Waals surface area contributed by atoms with Gasteiger partial charge in [0.2, 0.25) is 0 Å². The van der Waals surface area contributed by atoms with E-state index in [1.54, 1.807) is 55.6 Å². The number of rotatable bonds is 3. The van der Waals surface area contributed by atoms with Crippen molar-refractivity contribution in [3.8, 4) is 0 Å². The summed E-state index contributed by atoms with van der Waals surface area (Å²) in [7, 11) is 0. The lowest BCUT2D eigenvalue weighted by molar-refractivity contribution is -0.132. The number of hydrogen-bond donors (Lipinski definition) is 1. The summed E-state index contributed by atoms with van der Waals surface area (Å²) in [5.41, 5.74) is 1.28. The number of nitrogens with zero attached hydrogens (tertiary/aromatic N) is 2. The maximum absolute atomic E-state index is 13.7. The monoisotopic (exact) mass is 422 g/mol. The van der Waals surface area contributed by atoms with E-state index in [9.17, 15) is 19.1 Å². The van der Waals surface area contributed by atoms with Crippen LogP contribution >= 0.6 is 11.6 Å². The van der Waals surface area contributed by atoms with E-state index < -0.39 is 23.5 Å². The van der Waals surface area contributed by atoms with Crippen LogP contribution in [-0.2, 0) is 9.59 Å². The van der Waals surface area contributed by atoms with E-state index in [0.717, 1.165) is 0 Å². The number of aliphatic hydroxyl groups excluding tert-OH is 1. The Bertz CT molecular complexity index is 1180. The topological polar surface area (TPSA) is 70.5 Å². The predicted octanol–water partition coefficient (Wildman–Crippen LogP) is 4.81. The second kappa shape index (κ2) is 7.72. The summed E-state index contributed by atoms with van der Waals surface area (Å²) in [5.74, 6) is -2.47. The van der Waals surface area contributed by atoms with Gasteiger partial charge < -0.3 is 5.11 Å². The van der Waals surface area contributed by atoms with Gasteiger partial charge in [-0.15, -0.1) is 0 Å². The number of hydrogen-bond acceptors (Lipinski definition) is 4. The molecule has 0 radical (unpaired) electrons. The maximum Gasteiger partial charge on any atom is 0.300 e. The molecule has 150 valence electrons. The van der Waals surface area contributed by atoms with E-state index in [0.29, 0.717) is 22.0 Å². The number of aromatic nitrogens is 1. The molecule has 1 atom stereocenters. The highest BCUT2D eigenvalue weighted by Gasteiger charge is 2.47. The van der Waals surface area contributed by atoms with Gasteiger partial charge in [0, 0.05) is 22.5 Å². The highest BCUT2D eigenvalue weighted by molar-refractivity contribution is 6.51. The Morgan fingerprint density at radius 1 is 1.10 bits per heavy atom. The molecule has 1 aromatic heterocycles. The molecule has 0 aliphatic carbocycles. The lowest BCUT2D eigenvalue weighted by atomic mass is 9.97. The van der Waals surface area contributed by atoms with E-state index in [2.05, 4.69) is 4.98 Å². The Balaban J connectivity index is 1.94. The zero-order chi connectivity index (χ0) is 21.4. The van der Waals surface area contributed by atoms with Crippen molar-refractivity contribution in [1.29, 1.82) is 0 Å². The molecule has 30 heavy (non-hydrogen) atoms. The average Bonchev–Trinajstić information content (AvgIpc) is 3.02. The number of benzene rings is 2. The number of carbonyl (C=O) groups excluding carboxylic acids is 2. The fourth-order valence-corrected chi connectivity index (χ4v) is 3.59. The van der Waals surface area contributed by atoms with E-state index in [1.165, 1.54) is 23.1 Å². The fraction of sp³-hybridized carbons (Fsp3) is 0.0870. The summed E-state index contributed by atoms with van der Waals surface area (Å²) in [6.07, 6.45) is 1.54. The largest absolute Gasteiger partial charge is 0.507 e. The van der Waals surface area contributed by atoms with Crippen molar-refractivity contribution in [2.75, 3.05) is 4.90 Å². The maximum atomic E-state index is 13.7. The predicted molar refractivity (Wildman–Crippen MR) is 112 cm³/mol. The van der Waals surface area contributed by atoms with E-state index in [-0.39, 0.29) is 16.9 Å². The van der Waals surface area contributed by atoms with E-state index in [1.807, 2.05) is 0 Å². The zero-order valence-corrected chi connectivity index (χ0v) is 16.6. The van der Waals surface area contributed by atoms with Gasteiger partial charge in [0.1, 0.15) is 17.6 Å². The molecule has 2 aromatic carbocycles. The van der Waals surface area contributed by atoms with Crippen LogP contribution in [0.3, 0.4) is 0 Å². The second-order valence-electron chi connectivity index (χ2n) is 6.86. The molecule has 0 spiro atoms. The molecule has 1 unspecified atom stereocenters. The van der Waals surface area contributed by atoms with Crippen LogP contribution in [0.4, 0.5) is 10.1 Å². The van der Waals surface area contributed by atoms with Crippen LogP contribution in [0.5, 0.6) is 0 Å². The van der Waals surface area contributed by atoms with Gasteiger partial charge in [0.25, 0.3) is 11.7 Å². The number of anilines is 1. The molecule has 5 nitrogen and oxygen atoms in total. The van der Waals surface area contributed by atoms with Crippen LogP contribution < -0.4 is 4.90 Å². The van der Waals surface area contributed by atoms with Crippen LogP contribution in [0.1, 0.15) is 22.9 Å². The lowest BCUT2D eigenvalue weighted by Crippen LogP contribution is -2.29. The van der Waals surface area contributed by atoms with Gasteiger partial charge in [-0.3, -0.25) is 19.5 Å². The first-order valence-electron chi connectivity index (χ1n) is 9.12. The van der Waals surface area contributed by atoms with Crippen molar-refractivity contribution < 1.29 is 19.1 Å². The SMILES string of the molecule is Cc1cc(/C(O)=C2/C(=O)C(=O)N(c3ccc(Cl)cc3)C2c2ccccn2)ccc1F. The standard InChI is InChI=1S/C23H16ClFN2O3/c1-13-12-14(5-10-17(13)25)21(28)19-20(18-4-2-3-11-26-18)27(23(30)22(19)29)16-8-6-15(24)7-9-16/h2-12,20,28H,1H3/b21-19-. The van der Waals surface area contributed by atoms with Crippen molar-refractivity contribution >= 4 is 34.7 Å². The second-order valence-corrected chi connectivity index (χ2v) is 7.30. The number of pyridine rings is 1. The van der Waals surface area contributed by atoms with Gasteiger partial charge in [-0.1, -0.05) is 17.7 Å². The smallest absolute Gasteiger partial charge is 0.300 e. The first kappa shape index (κ1) is 19.8. The molecule has 1 aliphatic rings. The zero-order valence-electron chi connectivity index (χ0n) is 15.8. The van der Waals surface area contributed by atoms with Crippen molar-refractivity contribution in [1.82, 2.24) is 4.98 Å². The molecule has 0 bridgehead atoms. The molecule has 1 amide bonds. The minimum absolute atomic E-state index is 0.111. The summed E-state index contributed by atoms with van der Waals surface area (Å²) in [6, 6.07) is 14.6. The summed E-state index contributed by atoms with van der Waals surface area (Å²) < 4.78 is 13.7. The molecule has 3 aromatic rings. The molecule has 1 aliphatic heterocycles. The Morgan fingerprint density at radius 2 is 1.83 bits per heavy atom. The van der Waals surface area contributed by atoms with Crippen molar-refractivity contribution in [2.45, 2.75) is 13.0 Å². The summed E-state index contributed by atoms with van der Waals surface area (Å²) >= 11 is 5.96. The first-order valence-corrected chi connectivity index (χ1v) is 9.50. The minimum atomic E-state index is -0.947. The summed E-state index contributed by atoms with van der Waals surface area (Å²) in [4.78, 5) is 31.5. The lowest BCUT2D eigenvalue weighted by Gasteiger charge is -2.24. The van der Waals surface area contributed by atoms with Crippen molar-refractivity contribution in [2.24, 2.45) is 0 Å². The highest BCUT2D eigenvalue weighted by atomic mass is 35.5. The molecular formula is C23H16ClFN2O3. The Hall–Kier alpha value is -3.51. The molecule has 1 N–H and O–H groups in total. The highest BCUT2D eigenvalue weighted by Crippen LogP contribution is 2.41. The third-order valence-electron chi connectivity index (χ3n) is 4.95. The fourth-order valence-electron chi connectivity index (χ4n) is 3.47. The Kier molecular flexibility index (Phi) is 5.10. The number of halogens is 2. The van der Waals surface area contributed by atoms with Gasteiger partial charge in [0.15, 0.2) is 0 Å². The molecular weight excluding hydrogens is 407 g/mol. The first-order chi connectivity index (χ1) is 14.4. The van der Waals surface area contributed by atoms with Crippen molar-refractivity contribution in [3.05, 3.63) is 100 Å². The summed E-state index contributed by atoms with van der Waals surface area (Å²) in [6.45, 7) is 1.55. The third kappa shape index (κ3) is 3.35. The molecule has 1 fully saturated rings. The quantitative estimate of drug-likeness (QED) is 0.373. The minimum Gasteiger partial charge on any atom is -0.507 e. The van der Waals surface area contributed by atoms with Crippen LogP contribution in [0.15, 0.2) is 72.4 Å². The summed E-state index contributed by atoms with van der Waals surface area (Å²) in [5, 5.41) is 11.5. The normalized spacial score (nSPS) is 18.1. The van der Waals surface area contributed by atoms with Crippen LogP contribution in [-0.4, -0.2) is 21.8 Å². The molecule has 1 saturated heterocycles. The Morgan fingerprint density at radius 3 is 2.47 bits per heavy atom. The van der Waals surface area contributed by atoms with Crippen LogP contribution in [0, 0.1) is 12.7 Å². The average molecular weight is 423 g/mol. The van der Waals surface area contributed by atoms with E-state index in [4.69, 9.17) is 11.6 Å². The number of Topliss-reactive ketones (excluding diaryl/α,β-unsaturated/α-hetero) is 1. The van der Waals surface area contributed by atoms with Crippen LogP contribution in [0.25, 0.3) is 5.76 Å². The van der Waals surface area contributed by atoms with Gasteiger partial charge in [-0.2, -0.15) is 0 Å². The Labute approximate surface area is 177 Å². The van der Waals surface area contributed by atoms with Gasteiger partial charge >= 0.3 is 0 Å². The van der Waals surface area contributed by atoms with Crippen LogP contribution in [0.2, 0.25) is 5.02 Å². The van der Waals surface area contributed by atoms with Gasteiger partial charge in [-0.25, -0.2) is 4.39 Å². The number of amides is 1. The number of aryl methyl sites for hydroxylation is 1. The number of aliphatic hydroxyl groups is 1. The molecule has 2 heterocycles. The van der Waals surface area contributed by atoms with Gasteiger partial charge in [-0.05, 0) is 67.1 Å². The third-order valence-corrected chi connectivity index (χ3v) is 5.20. The molecule has 4 rings (SSSR count). The van der Waals surface area contributed by atoms with Gasteiger partial charge in [0.05, 0.1) is 11.3 Å². The molecule has 7 heteroatoms.